The highest BCUT2D eigenvalue weighted by molar-refractivity contribution is 9.11. The summed E-state index contributed by atoms with van der Waals surface area (Å²) in [6, 6.07) is 0. The smallest absolute Gasteiger partial charge is 0.208 e. The minimum Gasteiger partial charge on any atom is -0.208 e. The molecule has 0 aliphatic carbocycles. The van der Waals surface area contributed by atoms with Crippen LogP contribution >= 0.6 is 39.5 Å². The van der Waals surface area contributed by atoms with Gasteiger partial charge in [0.1, 0.15) is 14.4 Å². The lowest BCUT2D eigenvalue weighted by Gasteiger charge is -2.36. The van der Waals surface area contributed by atoms with Gasteiger partial charge >= 0.3 is 6.18 Å². The quantitative estimate of drug-likeness (QED) is 0.433. The summed E-state index contributed by atoms with van der Waals surface area (Å²) in [4.78, 5) is 0. The van der Waals surface area contributed by atoms with E-state index in [1.54, 1.807) is 0 Å². The van der Waals surface area contributed by atoms with Gasteiger partial charge in [0.05, 0.1) is 0 Å². The van der Waals surface area contributed by atoms with Crippen molar-refractivity contribution in [1.29, 1.82) is 0 Å². The van der Waals surface area contributed by atoms with Gasteiger partial charge < -0.3 is 0 Å². The summed E-state index contributed by atoms with van der Waals surface area (Å²) in [5, 5.41) is 0. The molecule has 19 heavy (non-hydrogen) atoms. The number of hydrogen-bond acceptors (Lipinski definition) is 2. The minimum absolute atomic E-state index is 0.305. The Kier molecular flexibility index (Phi) is 5.90. The fourth-order valence-corrected chi connectivity index (χ4v) is 5.44. The zero-order valence-corrected chi connectivity index (χ0v) is 14.0. The van der Waals surface area contributed by atoms with Crippen molar-refractivity contribution in [2.75, 3.05) is 11.5 Å². The van der Waals surface area contributed by atoms with Crippen LogP contribution < -0.4 is 0 Å². The molecule has 0 bridgehead atoms. The maximum Gasteiger partial charge on any atom is 0.425 e. The topological polar surface area (TPSA) is 0 Å². The average molecular weight is 379 g/mol. The summed E-state index contributed by atoms with van der Waals surface area (Å²) in [5.41, 5.74) is 2.09. The Bertz CT molecular complexity index is 414. The molecule has 0 aromatic rings. The molecular formula is C12H15BrF4S2. The van der Waals surface area contributed by atoms with Gasteiger partial charge in [0, 0.05) is 5.75 Å². The number of rotatable bonds is 3. The van der Waals surface area contributed by atoms with Crippen molar-refractivity contribution in [1.82, 2.24) is 0 Å². The Balaban J connectivity index is 3.23. The van der Waals surface area contributed by atoms with Crippen LogP contribution in [0.4, 0.5) is 17.6 Å². The van der Waals surface area contributed by atoms with Crippen LogP contribution in [-0.4, -0.2) is 21.8 Å². The Morgan fingerprint density at radius 1 is 1.37 bits per heavy atom. The molecule has 1 unspecified atom stereocenters. The molecule has 110 valence electrons. The van der Waals surface area contributed by atoms with Gasteiger partial charge in [-0.1, -0.05) is 18.1 Å². The zero-order chi connectivity index (χ0) is 14.8. The van der Waals surface area contributed by atoms with Gasteiger partial charge in [0.25, 0.3) is 0 Å². The first-order valence-corrected chi connectivity index (χ1v) is 8.46. The molecule has 0 amide bonds. The summed E-state index contributed by atoms with van der Waals surface area (Å²) in [6.45, 7) is 5.61. The molecule has 0 aromatic carbocycles. The van der Waals surface area contributed by atoms with Crippen LogP contribution in [0.15, 0.2) is 21.5 Å². The lowest BCUT2D eigenvalue weighted by Crippen LogP contribution is -2.29. The van der Waals surface area contributed by atoms with Gasteiger partial charge in [-0.15, -0.1) is 23.5 Å². The highest BCUT2D eigenvalue weighted by atomic mass is 79.9. The molecular weight excluding hydrogens is 364 g/mol. The SMILES string of the molecule is CCSC1(/C(F)=C(/Br)C(F)(F)F)CC(C)=C(C)CS1. The predicted octanol–water partition coefficient (Wildman–Crippen LogP) is 6.05. The molecule has 1 heterocycles. The Labute approximate surface area is 127 Å². The molecule has 0 saturated heterocycles. The van der Waals surface area contributed by atoms with Crippen LogP contribution in [0.5, 0.6) is 0 Å². The van der Waals surface area contributed by atoms with E-state index in [0.717, 1.165) is 11.1 Å². The third kappa shape index (κ3) is 3.94. The van der Waals surface area contributed by atoms with Crippen molar-refractivity contribution < 1.29 is 17.6 Å². The largest absolute Gasteiger partial charge is 0.425 e. The highest BCUT2D eigenvalue weighted by Gasteiger charge is 2.46. The zero-order valence-electron chi connectivity index (χ0n) is 10.8. The molecule has 0 saturated carbocycles. The lowest BCUT2D eigenvalue weighted by atomic mass is 10.0. The first-order chi connectivity index (χ1) is 8.64. The Hall–Kier alpha value is 0.380. The third-order valence-corrected chi connectivity index (χ3v) is 6.85. The monoisotopic (exact) mass is 378 g/mol. The second-order valence-electron chi connectivity index (χ2n) is 4.34. The molecule has 1 aliphatic heterocycles. The first kappa shape index (κ1) is 17.4. The molecule has 0 aromatic heterocycles. The van der Waals surface area contributed by atoms with Gasteiger partial charge in [-0.3, -0.25) is 0 Å². The van der Waals surface area contributed by atoms with Crippen LogP contribution in [0.25, 0.3) is 0 Å². The van der Waals surface area contributed by atoms with E-state index in [9.17, 15) is 17.6 Å². The van der Waals surface area contributed by atoms with Crippen LogP contribution in [0.3, 0.4) is 0 Å². The third-order valence-electron chi connectivity index (χ3n) is 2.90. The Morgan fingerprint density at radius 3 is 2.37 bits per heavy atom. The fraction of sp³-hybridized carbons (Fsp3) is 0.667. The van der Waals surface area contributed by atoms with Crippen LogP contribution in [0.1, 0.15) is 27.2 Å². The highest BCUT2D eigenvalue weighted by Crippen LogP contribution is 2.54. The number of thioether (sulfide) groups is 2. The number of hydrogen-bond donors (Lipinski definition) is 0. The predicted molar refractivity (Wildman–Crippen MR) is 79.4 cm³/mol. The molecule has 7 heteroatoms. The summed E-state index contributed by atoms with van der Waals surface area (Å²) >= 11 is 4.84. The van der Waals surface area contributed by atoms with Crippen molar-refractivity contribution in [3.63, 3.8) is 0 Å². The lowest BCUT2D eigenvalue weighted by molar-refractivity contribution is -0.0847. The van der Waals surface area contributed by atoms with Crippen molar-refractivity contribution in [2.45, 2.75) is 37.4 Å². The summed E-state index contributed by atoms with van der Waals surface area (Å²) in [7, 11) is 0. The molecule has 0 fully saturated rings. The number of halogens is 5. The van der Waals surface area contributed by atoms with E-state index in [1.807, 2.05) is 20.8 Å². The van der Waals surface area contributed by atoms with Gasteiger partial charge in [0.2, 0.25) is 0 Å². The average Bonchev–Trinajstić information content (AvgIpc) is 2.31. The van der Waals surface area contributed by atoms with Gasteiger partial charge in [-0.2, -0.15) is 13.2 Å². The van der Waals surface area contributed by atoms with Crippen LogP contribution in [-0.2, 0) is 0 Å². The molecule has 0 radical (unpaired) electrons. The molecule has 0 N–H and O–H groups in total. The molecule has 0 spiro atoms. The molecule has 1 rings (SSSR count). The minimum atomic E-state index is -4.68. The molecule has 0 nitrogen and oxygen atoms in total. The van der Waals surface area contributed by atoms with E-state index in [0.29, 0.717) is 17.9 Å². The standard InChI is InChI=1S/C12H15BrF4S2/c1-4-18-11(5-7(2)8(3)6-19-11)10(14)9(13)12(15,16)17/h4-6H2,1-3H3/b10-9-. The van der Waals surface area contributed by atoms with E-state index in [-0.39, 0.29) is 0 Å². The summed E-state index contributed by atoms with van der Waals surface area (Å²) < 4.78 is 49.9. The van der Waals surface area contributed by atoms with Crippen molar-refractivity contribution in [3.8, 4) is 0 Å². The first-order valence-electron chi connectivity index (χ1n) is 5.70. The maximum absolute atomic E-state index is 14.4. The van der Waals surface area contributed by atoms with E-state index in [1.165, 1.54) is 23.5 Å². The second-order valence-corrected chi connectivity index (χ2v) is 8.23. The van der Waals surface area contributed by atoms with E-state index in [4.69, 9.17) is 0 Å². The summed E-state index contributed by atoms with van der Waals surface area (Å²) in [5.74, 6) is 0.0126. The van der Waals surface area contributed by atoms with E-state index in [2.05, 4.69) is 15.9 Å². The normalized spacial score (nSPS) is 26.5. The van der Waals surface area contributed by atoms with E-state index < -0.39 is 20.6 Å². The summed E-state index contributed by atoms with van der Waals surface area (Å²) in [6.07, 6.45) is -4.38. The number of allylic oxidation sites excluding steroid dienone is 2. The van der Waals surface area contributed by atoms with Crippen molar-refractivity contribution in [2.24, 2.45) is 0 Å². The van der Waals surface area contributed by atoms with Gasteiger partial charge in [-0.25, -0.2) is 4.39 Å². The Morgan fingerprint density at radius 2 is 1.95 bits per heavy atom. The van der Waals surface area contributed by atoms with Crippen molar-refractivity contribution >= 4 is 39.5 Å². The second kappa shape index (κ2) is 6.43. The molecule has 1 aliphatic rings. The fourth-order valence-electron chi connectivity index (χ4n) is 1.72. The van der Waals surface area contributed by atoms with Crippen molar-refractivity contribution in [3.05, 3.63) is 21.5 Å². The van der Waals surface area contributed by atoms with Gasteiger partial charge in [-0.05, 0) is 42.0 Å². The number of alkyl halides is 3. The van der Waals surface area contributed by atoms with Crippen LogP contribution in [0, 0.1) is 0 Å². The maximum atomic E-state index is 14.4. The van der Waals surface area contributed by atoms with E-state index >= 15 is 0 Å². The van der Waals surface area contributed by atoms with Gasteiger partial charge in [0.15, 0.2) is 0 Å². The molecule has 1 atom stereocenters. The van der Waals surface area contributed by atoms with Crippen LogP contribution in [0.2, 0.25) is 0 Å².